The lowest BCUT2D eigenvalue weighted by Crippen LogP contribution is -2.41. The van der Waals surface area contributed by atoms with Gasteiger partial charge in [-0.25, -0.2) is 9.37 Å². The van der Waals surface area contributed by atoms with Crippen molar-refractivity contribution in [1.82, 2.24) is 20.6 Å². The van der Waals surface area contributed by atoms with Gasteiger partial charge in [0.2, 0.25) is 0 Å². The van der Waals surface area contributed by atoms with Gasteiger partial charge < -0.3 is 25.5 Å². The van der Waals surface area contributed by atoms with Gasteiger partial charge in [0.25, 0.3) is 5.91 Å². The molecule has 1 fully saturated rings. The van der Waals surface area contributed by atoms with Crippen molar-refractivity contribution in [2.24, 2.45) is 5.92 Å². The molecule has 1 amide bonds. The fraction of sp³-hybridized carbons (Fsp3) is 0.214. The highest BCUT2D eigenvalue weighted by Gasteiger charge is 2.31. The molecule has 0 aliphatic carbocycles. The van der Waals surface area contributed by atoms with Crippen LogP contribution in [0.25, 0.3) is 11.0 Å². The third-order valence-corrected chi connectivity index (χ3v) is 6.81. The summed E-state index contributed by atoms with van der Waals surface area (Å²) in [7, 11) is 1.26. The molecule has 0 radical (unpaired) electrons. The van der Waals surface area contributed by atoms with Crippen molar-refractivity contribution in [3.63, 3.8) is 0 Å². The number of carbonyl (C=O) groups is 3. The molecule has 4 aromatic rings. The molecule has 2 atom stereocenters. The Hall–Kier alpha value is -4.57. The lowest BCUT2D eigenvalue weighted by atomic mass is 9.93. The van der Waals surface area contributed by atoms with E-state index in [2.05, 4.69) is 20.6 Å². The zero-order valence-electron chi connectivity index (χ0n) is 20.5. The number of H-pyrrole nitrogens is 1. The van der Waals surface area contributed by atoms with E-state index < -0.39 is 22.9 Å². The van der Waals surface area contributed by atoms with Gasteiger partial charge in [0, 0.05) is 60.4 Å². The van der Waals surface area contributed by atoms with E-state index in [1.807, 2.05) is 0 Å². The van der Waals surface area contributed by atoms with Gasteiger partial charge in [-0.15, -0.1) is 0 Å². The van der Waals surface area contributed by atoms with Gasteiger partial charge in [0.1, 0.15) is 17.0 Å². The van der Waals surface area contributed by atoms with Gasteiger partial charge in [0.05, 0.1) is 12.7 Å². The fourth-order valence-corrected chi connectivity index (χ4v) is 4.75. The Labute approximate surface area is 217 Å². The molecule has 2 aromatic carbocycles. The third-order valence-electron chi connectivity index (χ3n) is 6.81. The highest BCUT2D eigenvalue weighted by atomic mass is 19.1. The van der Waals surface area contributed by atoms with Crippen LogP contribution in [0.1, 0.15) is 43.1 Å². The molecule has 38 heavy (non-hydrogen) atoms. The van der Waals surface area contributed by atoms with E-state index in [9.17, 15) is 23.9 Å². The molecule has 9 nitrogen and oxygen atoms in total. The van der Waals surface area contributed by atoms with Crippen LogP contribution >= 0.6 is 0 Å². The van der Waals surface area contributed by atoms with Crippen LogP contribution in [0.2, 0.25) is 0 Å². The summed E-state index contributed by atoms with van der Waals surface area (Å²) >= 11 is 0. The monoisotopic (exact) mass is 516 g/mol. The number of phenols is 1. The molecular weight excluding hydrogens is 491 g/mol. The highest BCUT2D eigenvalue weighted by Crippen LogP contribution is 2.30. The van der Waals surface area contributed by atoms with Crippen LogP contribution < -0.4 is 15.4 Å². The maximum Gasteiger partial charge on any atom is 0.252 e. The van der Waals surface area contributed by atoms with Crippen LogP contribution in [-0.2, 0) is 0 Å². The van der Waals surface area contributed by atoms with E-state index in [1.54, 1.807) is 24.5 Å². The second-order valence-electron chi connectivity index (χ2n) is 9.11. The maximum absolute atomic E-state index is 14.6. The molecule has 10 heteroatoms. The predicted octanol–water partition coefficient (Wildman–Crippen LogP) is 3.24. The second-order valence-corrected chi connectivity index (χ2v) is 9.11. The van der Waals surface area contributed by atoms with Crippen LogP contribution in [0.3, 0.4) is 0 Å². The van der Waals surface area contributed by atoms with Gasteiger partial charge >= 0.3 is 0 Å². The van der Waals surface area contributed by atoms with Crippen LogP contribution in [0.4, 0.5) is 4.39 Å². The molecule has 0 saturated carbocycles. The van der Waals surface area contributed by atoms with E-state index in [0.717, 1.165) is 5.39 Å². The molecule has 5 rings (SSSR count). The number of methoxy groups -OCH3 is 1. The number of amides is 1. The van der Waals surface area contributed by atoms with E-state index >= 15 is 0 Å². The Morgan fingerprint density at radius 3 is 2.61 bits per heavy atom. The van der Waals surface area contributed by atoms with Crippen molar-refractivity contribution in [2.75, 3.05) is 20.2 Å². The molecule has 1 aliphatic rings. The van der Waals surface area contributed by atoms with Crippen molar-refractivity contribution >= 4 is 28.5 Å². The topological polar surface area (TPSA) is 133 Å². The highest BCUT2D eigenvalue weighted by molar-refractivity contribution is 6.11. The van der Waals surface area contributed by atoms with Crippen molar-refractivity contribution in [3.8, 4) is 11.5 Å². The molecule has 3 heterocycles. The van der Waals surface area contributed by atoms with E-state index in [1.165, 1.54) is 43.5 Å². The number of hydrogen-bond donors (Lipinski definition) is 4. The number of phenolic OH excluding ortho intramolecular Hbond substituents is 1. The van der Waals surface area contributed by atoms with Gasteiger partial charge in [0.15, 0.2) is 23.1 Å². The van der Waals surface area contributed by atoms with Crippen molar-refractivity contribution in [1.29, 1.82) is 0 Å². The first kappa shape index (κ1) is 25.1. The number of Topliss-reactive ketones (excluding diaryl/α,β-unsaturated/α-hetero) is 1. The average Bonchev–Trinajstić information content (AvgIpc) is 3.58. The summed E-state index contributed by atoms with van der Waals surface area (Å²) in [5.74, 6) is -2.86. The first-order valence-corrected chi connectivity index (χ1v) is 12.0. The Balaban J connectivity index is 1.26. The SMILES string of the molecule is COc1ccc(O)c(C(=O)c2ccc(C(=O)C[C@@H]3CNC[C@H]3NC(=O)c3ccnc4[nH]ccc34)cc2)c1F. The normalized spacial score (nSPS) is 16.9. The standard InChI is InChI=1S/C28H25FN4O5/c1-38-23-7-6-21(34)24(25(23)29)26(36)16-4-2-15(3-5-16)22(35)12-17-13-30-14-20(17)33-28(37)19-9-11-32-27-18(19)8-10-31-27/h2-11,17,20,30,34H,12-14H2,1H3,(H,31,32)(H,33,37)/t17-,20-/m1/s1. The molecule has 4 N–H and O–H groups in total. The third kappa shape index (κ3) is 4.73. The summed E-state index contributed by atoms with van der Waals surface area (Å²) in [5.41, 5.74) is 1.14. The first-order valence-electron chi connectivity index (χ1n) is 12.0. The second kappa shape index (κ2) is 10.4. The number of aromatic nitrogens is 2. The minimum atomic E-state index is -0.955. The molecule has 194 valence electrons. The number of carbonyl (C=O) groups excluding carboxylic acids is 3. The summed E-state index contributed by atoms with van der Waals surface area (Å²) < 4.78 is 19.5. The average molecular weight is 517 g/mol. The number of ether oxygens (including phenoxy) is 1. The van der Waals surface area contributed by atoms with E-state index in [-0.39, 0.29) is 41.4 Å². The van der Waals surface area contributed by atoms with Crippen molar-refractivity contribution < 1.29 is 28.6 Å². The summed E-state index contributed by atoms with van der Waals surface area (Å²) in [6, 6.07) is 11.5. The number of rotatable bonds is 8. The summed E-state index contributed by atoms with van der Waals surface area (Å²) in [4.78, 5) is 46.0. The largest absolute Gasteiger partial charge is 0.507 e. The number of ketones is 2. The first-order chi connectivity index (χ1) is 18.4. The van der Waals surface area contributed by atoms with Gasteiger partial charge in [-0.1, -0.05) is 24.3 Å². The maximum atomic E-state index is 14.6. The zero-order chi connectivity index (χ0) is 26.8. The van der Waals surface area contributed by atoms with E-state index in [0.29, 0.717) is 29.9 Å². The Kier molecular flexibility index (Phi) is 6.89. The molecule has 0 spiro atoms. The lowest BCUT2D eigenvalue weighted by Gasteiger charge is -2.20. The Morgan fingerprint density at radius 2 is 1.84 bits per heavy atom. The number of hydrogen-bond acceptors (Lipinski definition) is 7. The number of pyridine rings is 1. The molecular formula is C28H25FN4O5. The number of halogens is 1. The minimum absolute atomic E-state index is 0.116. The molecule has 0 unspecified atom stereocenters. The van der Waals surface area contributed by atoms with Crippen LogP contribution in [0, 0.1) is 11.7 Å². The van der Waals surface area contributed by atoms with Crippen LogP contribution in [0.15, 0.2) is 60.9 Å². The molecule has 0 bridgehead atoms. The Bertz CT molecular complexity index is 1530. The minimum Gasteiger partial charge on any atom is -0.507 e. The van der Waals surface area contributed by atoms with Crippen LogP contribution in [-0.4, -0.2) is 58.8 Å². The number of benzene rings is 2. The predicted molar refractivity (Wildman–Crippen MR) is 137 cm³/mol. The fourth-order valence-electron chi connectivity index (χ4n) is 4.75. The quantitative estimate of drug-likeness (QED) is 0.264. The smallest absolute Gasteiger partial charge is 0.252 e. The molecule has 1 saturated heterocycles. The number of nitrogens with one attached hydrogen (secondary N) is 3. The zero-order valence-corrected chi connectivity index (χ0v) is 20.5. The number of fused-ring (bicyclic) bond motifs is 1. The number of aromatic hydroxyl groups is 1. The van der Waals surface area contributed by atoms with E-state index in [4.69, 9.17) is 4.74 Å². The number of nitrogens with zero attached hydrogens (tertiary/aromatic N) is 1. The van der Waals surface area contributed by atoms with Crippen molar-refractivity contribution in [2.45, 2.75) is 12.5 Å². The molecule has 1 aliphatic heterocycles. The summed E-state index contributed by atoms with van der Waals surface area (Å²) in [5, 5.41) is 17.0. The van der Waals surface area contributed by atoms with Gasteiger partial charge in [-0.2, -0.15) is 0 Å². The lowest BCUT2D eigenvalue weighted by molar-refractivity contribution is 0.0904. The van der Waals surface area contributed by atoms with Gasteiger partial charge in [-0.3, -0.25) is 14.4 Å². The summed E-state index contributed by atoms with van der Waals surface area (Å²) in [6.07, 6.45) is 3.48. The summed E-state index contributed by atoms with van der Waals surface area (Å²) in [6.45, 7) is 1.10. The molecule has 2 aromatic heterocycles. The van der Waals surface area contributed by atoms with Crippen molar-refractivity contribution in [3.05, 3.63) is 89.0 Å². The van der Waals surface area contributed by atoms with Crippen LogP contribution in [0.5, 0.6) is 11.5 Å². The Morgan fingerprint density at radius 1 is 1.08 bits per heavy atom. The van der Waals surface area contributed by atoms with Gasteiger partial charge in [-0.05, 0) is 24.3 Å². The number of aromatic amines is 1.